The molecule has 0 bridgehead atoms. The Bertz CT molecular complexity index is 824. The van der Waals surface area contributed by atoms with Crippen LogP contribution in [0.5, 0.6) is 0 Å². The molecule has 2 aromatic rings. The number of thioether (sulfide) groups is 1. The number of alkyl halides is 3. The summed E-state index contributed by atoms with van der Waals surface area (Å²) in [7, 11) is 0. The van der Waals surface area contributed by atoms with Gasteiger partial charge in [0, 0.05) is 38.1 Å². The Balaban J connectivity index is 1.58. The first-order valence-electron chi connectivity index (χ1n) is 9.09. The Hall–Kier alpha value is -2.06. The molecule has 1 aliphatic rings. The van der Waals surface area contributed by atoms with Gasteiger partial charge in [-0.2, -0.15) is 24.9 Å². The molecule has 28 heavy (non-hydrogen) atoms. The number of hydrogen-bond acceptors (Lipinski definition) is 4. The van der Waals surface area contributed by atoms with Gasteiger partial charge in [0.1, 0.15) is 0 Å². The van der Waals surface area contributed by atoms with Gasteiger partial charge in [-0.1, -0.05) is 19.1 Å². The molecule has 3 rings (SSSR count). The number of rotatable bonds is 7. The fourth-order valence-corrected chi connectivity index (χ4v) is 3.64. The number of halogens is 3. The van der Waals surface area contributed by atoms with E-state index in [0.717, 1.165) is 40.5 Å². The van der Waals surface area contributed by atoms with Gasteiger partial charge >= 0.3 is 6.18 Å². The monoisotopic (exact) mass is 409 g/mol. The Kier molecular flexibility index (Phi) is 6.61. The van der Waals surface area contributed by atoms with Gasteiger partial charge in [0.2, 0.25) is 0 Å². The van der Waals surface area contributed by atoms with Crippen LogP contribution in [0.3, 0.4) is 0 Å². The zero-order chi connectivity index (χ0) is 20.1. The van der Waals surface area contributed by atoms with E-state index in [4.69, 9.17) is 0 Å². The van der Waals surface area contributed by atoms with Crippen LogP contribution in [0.4, 0.5) is 13.2 Å². The largest absolute Gasteiger partial charge is 0.416 e. The van der Waals surface area contributed by atoms with E-state index in [1.54, 1.807) is 18.0 Å². The summed E-state index contributed by atoms with van der Waals surface area (Å²) in [6.07, 6.45) is -2.73. The Labute approximate surface area is 166 Å². The number of carbonyl (C=O) groups excluding carboxylic acids is 1. The molecule has 0 spiro atoms. The molecule has 2 heterocycles. The van der Waals surface area contributed by atoms with Crippen molar-refractivity contribution >= 4 is 17.7 Å². The molecule has 150 valence electrons. The van der Waals surface area contributed by atoms with Gasteiger partial charge in [-0.15, -0.1) is 0 Å². The van der Waals surface area contributed by atoms with Crippen LogP contribution in [0.1, 0.15) is 39.7 Å². The van der Waals surface area contributed by atoms with Gasteiger partial charge in [0.05, 0.1) is 16.8 Å². The highest BCUT2D eigenvalue weighted by molar-refractivity contribution is 7.99. The Morgan fingerprint density at radius 1 is 1.25 bits per heavy atom. The van der Waals surface area contributed by atoms with Crippen LogP contribution in [-0.2, 0) is 25.8 Å². The molecule has 0 saturated heterocycles. The molecule has 0 saturated carbocycles. The van der Waals surface area contributed by atoms with E-state index < -0.39 is 11.7 Å². The van der Waals surface area contributed by atoms with Crippen molar-refractivity contribution in [1.82, 2.24) is 15.2 Å². The van der Waals surface area contributed by atoms with E-state index in [0.29, 0.717) is 31.7 Å². The molecule has 0 fully saturated rings. The van der Waals surface area contributed by atoms with Gasteiger partial charge in [-0.05, 0) is 35.1 Å². The summed E-state index contributed by atoms with van der Waals surface area (Å²) in [6, 6.07) is 7.09. The van der Waals surface area contributed by atoms with E-state index in [-0.39, 0.29) is 5.91 Å². The van der Waals surface area contributed by atoms with Crippen molar-refractivity contribution in [3.8, 4) is 0 Å². The third-order valence-electron chi connectivity index (χ3n) is 4.51. The average molecular weight is 409 g/mol. The van der Waals surface area contributed by atoms with Crippen molar-refractivity contribution < 1.29 is 18.0 Å². The second-order valence-electron chi connectivity index (χ2n) is 6.62. The summed E-state index contributed by atoms with van der Waals surface area (Å²) in [5.74, 6) is 1.76. The lowest BCUT2D eigenvalue weighted by molar-refractivity contribution is -0.137. The summed E-state index contributed by atoms with van der Waals surface area (Å²) >= 11 is 1.77. The molecule has 4 nitrogen and oxygen atoms in total. The normalized spacial score (nSPS) is 14.1. The molecular weight excluding hydrogens is 387 g/mol. The highest BCUT2D eigenvalue weighted by Gasteiger charge is 2.30. The van der Waals surface area contributed by atoms with Crippen molar-refractivity contribution in [2.24, 2.45) is 0 Å². The van der Waals surface area contributed by atoms with E-state index in [1.807, 2.05) is 6.07 Å². The van der Waals surface area contributed by atoms with Crippen molar-refractivity contribution in [1.29, 1.82) is 0 Å². The molecule has 1 amide bonds. The van der Waals surface area contributed by atoms with Crippen LogP contribution in [0.15, 0.2) is 36.5 Å². The van der Waals surface area contributed by atoms with Gasteiger partial charge in [-0.3, -0.25) is 14.7 Å². The summed E-state index contributed by atoms with van der Waals surface area (Å²) in [4.78, 5) is 18.7. The SMILES string of the molecule is CCSCCNC(=O)c1cnc2c(c1)CN(Cc1ccc(C(F)(F)F)cc1)C2. The van der Waals surface area contributed by atoms with Crippen LogP contribution < -0.4 is 5.32 Å². The predicted molar refractivity (Wildman–Crippen MR) is 104 cm³/mol. The first-order valence-corrected chi connectivity index (χ1v) is 10.2. The molecule has 1 aliphatic heterocycles. The summed E-state index contributed by atoms with van der Waals surface area (Å²) in [6.45, 7) is 4.47. The first-order chi connectivity index (χ1) is 13.4. The molecule has 8 heteroatoms. The number of nitrogens with one attached hydrogen (secondary N) is 1. The maximum absolute atomic E-state index is 12.7. The fraction of sp³-hybridized carbons (Fsp3) is 0.400. The maximum atomic E-state index is 12.7. The van der Waals surface area contributed by atoms with E-state index in [9.17, 15) is 18.0 Å². The molecule has 0 unspecified atom stereocenters. The molecule has 0 aliphatic carbocycles. The first kappa shape index (κ1) is 20.7. The van der Waals surface area contributed by atoms with Gasteiger partial charge < -0.3 is 5.32 Å². The summed E-state index contributed by atoms with van der Waals surface area (Å²) in [5.41, 5.74) is 2.60. The summed E-state index contributed by atoms with van der Waals surface area (Å²) in [5, 5.41) is 2.89. The minimum atomic E-state index is -4.32. The highest BCUT2D eigenvalue weighted by Crippen LogP contribution is 2.30. The second kappa shape index (κ2) is 8.96. The van der Waals surface area contributed by atoms with Crippen LogP contribution in [0, 0.1) is 0 Å². The number of benzene rings is 1. The average Bonchev–Trinajstić information content (AvgIpc) is 3.06. The van der Waals surface area contributed by atoms with E-state index >= 15 is 0 Å². The van der Waals surface area contributed by atoms with Crippen LogP contribution in [0.25, 0.3) is 0 Å². The van der Waals surface area contributed by atoms with Gasteiger partial charge in [0.15, 0.2) is 0 Å². The number of amides is 1. The lowest BCUT2D eigenvalue weighted by Crippen LogP contribution is -2.26. The number of hydrogen-bond donors (Lipinski definition) is 1. The minimum Gasteiger partial charge on any atom is -0.351 e. The Morgan fingerprint density at radius 2 is 2.00 bits per heavy atom. The molecule has 0 radical (unpaired) electrons. The van der Waals surface area contributed by atoms with Crippen LogP contribution in [0.2, 0.25) is 0 Å². The maximum Gasteiger partial charge on any atom is 0.416 e. The highest BCUT2D eigenvalue weighted by atomic mass is 32.2. The fourth-order valence-electron chi connectivity index (χ4n) is 3.10. The molecule has 0 atom stereocenters. The van der Waals surface area contributed by atoms with Crippen molar-refractivity contribution in [2.75, 3.05) is 18.1 Å². The number of fused-ring (bicyclic) bond motifs is 1. The molecule has 1 aromatic heterocycles. The van der Waals surface area contributed by atoms with E-state index in [2.05, 4.69) is 22.1 Å². The lowest BCUT2D eigenvalue weighted by atomic mass is 10.1. The third kappa shape index (κ3) is 5.26. The summed E-state index contributed by atoms with van der Waals surface area (Å²) < 4.78 is 38.0. The molecule has 1 N–H and O–H groups in total. The second-order valence-corrected chi connectivity index (χ2v) is 8.02. The smallest absolute Gasteiger partial charge is 0.351 e. The van der Waals surface area contributed by atoms with Crippen molar-refractivity contribution in [3.63, 3.8) is 0 Å². The minimum absolute atomic E-state index is 0.131. The standard InChI is InChI=1S/C20H22F3N3OS/c1-2-28-8-7-24-19(27)15-9-16-12-26(13-18(16)25-10-15)11-14-3-5-17(6-4-14)20(21,22)23/h3-6,9-10H,2,7-8,11-13H2,1H3,(H,24,27). The zero-order valence-electron chi connectivity index (χ0n) is 15.6. The molecular formula is C20H22F3N3OS. The number of nitrogens with zero attached hydrogens (tertiary/aromatic N) is 2. The number of carbonyl (C=O) groups is 1. The number of aromatic nitrogens is 1. The van der Waals surface area contributed by atoms with Crippen LogP contribution in [-0.4, -0.2) is 33.8 Å². The molecule has 1 aromatic carbocycles. The number of pyridine rings is 1. The quantitative estimate of drug-likeness (QED) is 0.700. The lowest BCUT2D eigenvalue weighted by Gasteiger charge is -2.15. The van der Waals surface area contributed by atoms with Gasteiger partial charge in [-0.25, -0.2) is 0 Å². The topological polar surface area (TPSA) is 45.2 Å². The van der Waals surface area contributed by atoms with E-state index in [1.165, 1.54) is 12.1 Å². The van der Waals surface area contributed by atoms with Crippen molar-refractivity contribution in [3.05, 3.63) is 64.5 Å². The van der Waals surface area contributed by atoms with Crippen LogP contribution >= 0.6 is 11.8 Å². The Morgan fingerprint density at radius 3 is 2.68 bits per heavy atom. The third-order valence-corrected chi connectivity index (χ3v) is 5.41. The zero-order valence-corrected chi connectivity index (χ0v) is 16.4. The predicted octanol–water partition coefficient (Wildman–Crippen LogP) is 4.10. The van der Waals surface area contributed by atoms with Gasteiger partial charge in [0.25, 0.3) is 5.91 Å². The van der Waals surface area contributed by atoms with Crippen molar-refractivity contribution in [2.45, 2.75) is 32.7 Å².